The van der Waals surface area contributed by atoms with Gasteiger partial charge < -0.3 is 5.73 Å². The van der Waals surface area contributed by atoms with Crippen molar-refractivity contribution in [2.45, 2.75) is 25.7 Å². The Bertz CT molecular complexity index is 213. The van der Waals surface area contributed by atoms with Crippen LogP contribution in [0.4, 0.5) is 0 Å². The van der Waals surface area contributed by atoms with Crippen molar-refractivity contribution in [3.05, 3.63) is 35.9 Å². The molecule has 0 bridgehead atoms. The maximum atomic E-state index is 4.50. The van der Waals surface area contributed by atoms with E-state index in [1.807, 2.05) is 0 Å². The average Bonchev–Trinajstić information content (AvgIpc) is 2.07. The summed E-state index contributed by atoms with van der Waals surface area (Å²) in [7, 11) is 0.602. The molecule has 0 heterocycles. The van der Waals surface area contributed by atoms with Crippen LogP contribution in [0.5, 0.6) is 0 Å². The average molecular weight is 195 g/mol. The summed E-state index contributed by atoms with van der Waals surface area (Å²) >= 11 is 0. The van der Waals surface area contributed by atoms with Crippen LogP contribution in [0.25, 0.3) is 0 Å². The fraction of sp³-hybridized carbons (Fsp3) is 0.455. The van der Waals surface area contributed by atoms with Gasteiger partial charge in [0.25, 0.3) is 0 Å². The minimum absolute atomic E-state index is 0.898. The molecule has 0 radical (unpaired) electrons. The van der Waals surface area contributed by atoms with Crippen molar-refractivity contribution in [1.29, 1.82) is 0 Å². The van der Waals surface area contributed by atoms with Crippen LogP contribution in [-0.4, -0.2) is 15.1 Å². The Morgan fingerprint density at radius 1 is 1.00 bits per heavy atom. The molecule has 2 heteroatoms. The summed E-state index contributed by atoms with van der Waals surface area (Å²) < 4.78 is 0. The normalized spacial score (nSPS) is 10.2. The third-order valence-electron chi connectivity index (χ3n) is 1.58. The summed E-state index contributed by atoms with van der Waals surface area (Å²) in [6, 6.07) is 12.1. The second-order valence-electron chi connectivity index (χ2n) is 4.22. The van der Waals surface area contributed by atoms with E-state index in [0.29, 0.717) is 0 Å². The molecule has 0 saturated heterocycles. The summed E-state index contributed by atoms with van der Waals surface area (Å²) in [5.74, 6) is 0. The predicted octanol–water partition coefficient (Wildman–Crippen LogP) is 2.68. The predicted molar refractivity (Wildman–Crippen MR) is 63.6 cm³/mol. The third-order valence-corrected chi connectivity index (χ3v) is 3.05. The Kier molecular flexibility index (Phi) is 5.67. The molecule has 1 nitrogen and oxygen atoms in total. The Hall–Kier alpha value is -0.603. The summed E-state index contributed by atoms with van der Waals surface area (Å²) in [4.78, 5) is 0. The highest BCUT2D eigenvalue weighted by Gasteiger charge is 2.12. The highest BCUT2D eigenvalue weighted by Crippen LogP contribution is 2.10. The Morgan fingerprint density at radius 3 is 1.85 bits per heavy atom. The summed E-state index contributed by atoms with van der Waals surface area (Å²) in [5.41, 5.74) is 5.99. The SMILES string of the molecule is CN.C[Si](C)(C)Cc1ccccc1. The molecule has 2 N–H and O–H groups in total. The molecule has 1 aromatic rings. The van der Waals surface area contributed by atoms with E-state index in [2.05, 4.69) is 55.7 Å². The zero-order valence-corrected chi connectivity index (χ0v) is 10.2. The second-order valence-corrected chi connectivity index (χ2v) is 9.70. The van der Waals surface area contributed by atoms with E-state index < -0.39 is 8.07 Å². The molecule has 74 valence electrons. The van der Waals surface area contributed by atoms with Crippen molar-refractivity contribution in [2.75, 3.05) is 7.05 Å². The summed E-state index contributed by atoms with van der Waals surface area (Å²) in [5, 5.41) is 0. The second kappa shape index (κ2) is 5.94. The van der Waals surface area contributed by atoms with Crippen LogP contribution >= 0.6 is 0 Å². The highest BCUT2D eigenvalue weighted by atomic mass is 28.3. The first-order valence-corrected chi connectivity index (χ1v) is 8.40. The highest BCUT2D eigenvalue weighted by molar-refractivity contribution is 6.75. The van der Waals surface area contributed by atoms with Gasteiger partial charge in [-0.25, -0.2) is 0 Å². The number of hydrogen-bond donors (Lipinski definition) is 1. The van der Waals surface area contributed by atoms with Crippen molar-refractivity contribution >= 4 is 8.07 Å². The van der Waals surface area contributed by atoms with E-state index in [-0.39, 0.29) is 0 Å². The van der Waals surface area contributed by atoms with Gasteiger partial charge >= 0.3 is 0 Å². The largest absolute Gasteiger partial charge is 0.333 e. The van der Waals surface area contributed by atoms with Crippen LogP contribution in [0.15, 0.2) is 30.3 Å². The molecule has 0 spiro atoms. The minimum atomic E-state index is -0.898. The summed E-state index contributed by atoms with van der Waals surface area (Å²) in [6.07, 6.45) is 0. The molecule has 0 unspecified atom stereocenters. The van der Waals surface area contributed by atoms with Crippen LogP contribution < -0.4 is 5.73 Å². The molecule has 0 aliphatic heterocycles. The molecule has 0 aliphatic carbocycles. The molecule has 1 aromatic carbocycles. The Labute approximate surface area is 83.0 Å². The van der Waals surface area contributed by atoms with Gasteiger partial charge in [0.05, 0.1) is 0 Å². The lowest BCUT2D eigenvalue weighted by molar-refractivity contribution is 1.31. The quantitative estimate of drug-likeness (QED) is 0.721. The van der Waals surface area contributed by atoms with Gasteiger partial charge in [-0.1, -0.05) is 55.5 Å². The number of hydrogen-bond acceptors (Lipinski definition) is 1. The molecule has 0 atom stereocenters. The lowest BCUT2D eigenvalue weighted by Gasteiger charge is -2.15. The van der Waals surface area contributed by atoms with E-state index in [1.54, 1.807) is 0 Å². The van der Waals surface area contributed by atoms with E-state index in [1.165, 1.54) is 18.7 Å². The van der Waals surface area contributed by atoms with Gasteiger partial charge in [-0.2, -0.15) is 0 Å². The van der Waals surface area contributed by atoms with Crippen molar-refractivity contribution in [1.82, 2.24) is 0 Å². The van der Waals surface area contributed by atoms with Crippen molar-refractivity contribution in [3.63, 3.8) is 0 Å². The van der Waals surface area contributed by atoms with E-state index >= 15 is 0 Å². The van der Waals surface area contributed by atoms with Gasteiger partial charge in [0.1, 0.15) is 0 Å². The van der Waals surface area contributed by atoms with Gasteiger partial charge in [-0.05, 0) is 13.1 Å². The Morgan fingerprint density at radius 2 is 1.46 bits per heavy atom. The lowest BCUT2D eigenvalue weighted by atomic mass is 10.2. The van der Waals surface area contributed by atoms with Crippen LogP contribution in [-0.2, 0) is 6.04 Å². The monoisotopic (exact) mass is 195 g/mol. The van der Waals surface area contributed by atoms with E-state index in [0.717, 1.165) is 0 Å². The standard InChI is InChI=1S/C10H16Si.CH5N/c1-11(2,3)9-10-7-5-4-6-8-10;1-2/h4-8H,9H2,1-3H3;2H2,1H3. The van der Waals surface area contributed by atoms with Gasteiger partial charge in [-0.3, -0.25) is 0 Å². The zero-order valence-electron chi connectivity index (χ0n) is 9.17. The molecule has 0 amide bonds. The van der Waals surface area contributed by atoms with Crippen LogP contribution in [0, 0.1) is 0 Å². The van der Waals surface area contributed by atoms with E-state index in [9.17, 15) is 0 Å². The van der Waals surface area contributed by atoms with Crippen molar-refractivity contribution in [3.8, 4) is 0 Å². The first kappa shape index (κ1) is 12.4. The molecular weight excluding hydrogens is 174 g/mol. The summed E-state index contributed by atoms with van der Waals surface area (Å²) in [6.45, 7) is 7.21. The minimum Gasteiger partial charge on any atom is -0.333 e. The molecule has 0 aromatic heterocycles. The molecular formula is C11H21NSi. The molecule has 0 saturated carbocycles. The van der Waals surface area contributed by atoms with Crippen LogP contribution in [0.3, 0.4) is 0 Å². The fourth-order valence-corrected chi connectivity index (χ4v) is 2.67. The van der Waals surface area contributed by atoms with Crippen molar-refractivity contribution < 1.29 is 0 Å². The van der Waals surface area contributed by atoms with Crippen LogP contribution in [0.1, 0.15) is 5.56 Å². The molecule has 0 fully saturated rings. The number of nitrogens with two attached hydrogens (primary N) is 1. The maximum absolute atomic E-state index is 4.50. The maximum Gasteiger partial charge on any atom is 0.0487 e. The first-order chi connectivity index (χ1) is 6.08. The number of rotatable bonds is 2. The smallest absolute Gasteiger partial charge is 0.0487 e. The third kappa shape index (κ3) is 6.55. The fourth-order valence-electron chi connectivity index (χ4n) is 1.21. The van der Waals surface area contributed by atoms with Crippen molar-refractivity contribution in [2.24, 2.45) is 5.73 Å². The van der Waals surface area contributed by atoms with Gasteiger partial charge in [0.2, 0.25) is 0 Å². The van der Waals surface area contributed by atoms with E-state index in [4.69, 9.17) is 0 Å². The lowest BCUT2D eigenvalue weighted by Crippen LogP contribution is -2.23. The zero-order chi connectivity index (χ0) is 10.3. The molecule has 1 rings (SSSR count). The van der Waals surface area contributed by atoms with Gasteiger partial charge in [0.15, 0.2) is 0 Å². The topological polar surface area (TPSA) is 26.0 Å². The Balaban J connectivity index is 0.000000671. The van der Waals surface area contributed by atoms with Gasteiger partial charge in [0, 0.05) is 8.07 Å². The molecule has 0 aliphatic rings. The van der Waals surface area contributed by atoms with Crippen LogP contribution in [0.2, 0.25) is 19.6 Å². The van der Waals surface area contributed by atoms with Gasteiger partial charge in [-0.15, -0.1) is 0 Å². The number of benzene rings is 1. The molecule has 13 heavy (non-hydrogen) atoms. The first-order valence-electron chi connectivity index (χ1n) is 4.70.